The molecule has 6 heterocycles. The maximum Gasteiger partial charge on any atom is 0.254 e. The molecule has 49 heavy (non-hydrogen) atoms. The Morgan fingerprint density at radius 2 is 1.94 bits per heavy atom. The number of benzene rings is 1. The molecule has 1 saturated carbocycles. The quantitative estimate of drug-likeness (QED) is 0.193. The number of imidazole rings is 1. The third kappa shape index (κ3) is 6.05. The van der Waals surface area contributed by atoms with Crippen LogP contribution in [0.1, 0.15) is 89.5 Å². The van der Waals surface area contributed by atoms with Gasteiger partial charge in [-0.3, -0.25) is 9.59 Å². The van der Waals surface area contributed by atoms with E-state index >= 15 is 4.39 Å². The summed E-state index contributed by atoms with van der Waals surface area (Å²) in [4.78, 5) is 40.9. The Morgan fingerprint density at radius 3 is 2.76 bits per heavy atom. The van der Waals surface area contributed by atoms with E-state index in [0.29, 0.717) is 60.6 Å². The van der Waals surface area contributed by atoms with Gasteiger partial charge in [0.2, 0.25) is 0 Å². The van der Waals surface area contributed by atoms with Gasteiger partial charge in [-0.1, -0.05) is 18.0 Å². The lowest BCUT2D eigenvalue weighted by Gasteiger charge is -2.27. The predicted molar refractivity (Wildman–Crippen MR) is 183 cm³/mol. The number of hydrogen-bond donors (Lipinski definition) is 3. The van der Waals surface area contributed by atoms with Crippen molar-refractivity contribution in [1.82, 2.24) is 40.0 Å². The molecule has 2 bridgehead atoms. The van der Waals surface area contributed by atoms with Crippen LogP contribution in [0.5, 0.6) is 0 Å². The molecule has 10 nitrogen and oxygen atoms in total. The van der Waals surface area contributed by atoms with E-state index in [2.05, 4.69) is 36.1 Å². The summed E-state index contributed by atoms with van der Waals surface area (Å²) in [6, 6.07) is 9.54. The minimum absolute atomic E-state index is 0.152. The van der Waals surface area contributed by atoms with Gasteiger partial charge in [0.1, 0.15) is 22.8 Å². The number of fused-ring (bicyclic) bond motifs is 3. The summed E-state index contributed by atoms with van der Waals surface area (Å²) in [5, 5.41) is 10.1. The first-order valence-electron chi connectivity index (χ1n) is 17.1. The molecule has 254 valence electrons. The zero-order chi connectivity index (χ0) is 33.8. The summed E-state index contributed by atoms with van der Waals surface area (Å²) in [6.45, 7) is 3.42. The number of aryl methyl sites for hydroxylation is 2. The van der Waals surface area contributed by atoms with Crippen molar-refractivity contribution in [1.29, 1.82) is 0 Å². The Hall–Kier alpha value is -4.42. The van der Waals surface area contributed by atoms with Crippen LogP contribution < -0.4 is 16.0 Å². The van der Waals surface area contributed by atoms with Gasteiger partial charge in [-0.05, 0) is 87.9 Å². The average molecular weight is 687 g/mol. The third-order valence-electron chi connectivity index (χ3n) is 9.96. The summed E-state index contributed by atoms with van der Waals surface area (Å²) < 4.78 is 34.4. The monoisotopic (exact) mass is 686 g/mol. The highest BCUT2D eigenvalue weighted by atomic mass is 35.5. The van der Waals surface area contributed by atoms with E-state index in [1.54, 1.807) is 12.3 Å². The number of rotatable bonds is 4. The van der Waals surface area contributed by atoms with Gasteiger partial charge in [0.15, 0.2) is 5.82 Å². The minimum Gasteiger partial charge on any atom is -0.345 e. The summed E-state index contributed by atoms with van der Waals surface area (Å²) in [6.07, 6.45) is 5.98. The van der Waals surface area contributed by atoms with Crippen LogP contribution in [0.15, 0.2) is 42.6 Å². The van der Waals surface area contributed by atoms with Crippen molar-refractivity contribution < 1.29 is 18.4 Å². The summed E-state index contributed by atoms with van der Waals surface area (Å²) >= 11 is 6.17. The van der Waals surface area contributed by atoms with Crippen LogP contribution in [0.4, 0.5) is 8.78 Å². The summed E-state index contributed by atoms with van der Waals surface area (Å²) in [7, 11) is 0. The first-order chi connectivity index (χ1) is 23.7. The number of carbonyl (C=O) groups is 2. The van der Waals surface area contributed by atoms with Crippen molar-refractivity contribution in [3.05, 3.63) is 75.9 Å². The van der Waals surface area contributed by atoms with E-state index in [4.69, 9.17) is 21.6 Å². The fourth-order valence-electron chi connectivity index (χ4n) is 7.16. The van der Waals surface area contributed by atoms with E-state index in [1.807, 2.05) is 19.1 Å². The van der Waals surface area contributed by atoms with Crippen molar-refractivity contribution in [3.8, 4) is 11.5 Å². The van der Waals surface area contributed by atoms with Crippen molar-refractivity contribution in [2.24, 2.45) is 0 Å². The number of nitrogens with zero attached hydrogens (tertiary/aromatic N) is 5. The second-order valence-electron chi connectivity index (χ2n) is 13.4. The van der Waals surface area contributed by atoms with Gasteiger partial charge in [0, 0.05) is 42.3 Å². The Labute approximate surface area is 286 Å². The molecule has 13 heteroatoms. The molecule has 0 unspecified atom stereocenters. The highest BCUT2D eigenvalue weighted by Crippen LogP contribution is 2.43. The predicted octanol–water partition coefficient (Wildman–Crippen LogP) is 6.22. The Morgan fingerprint density at radius 1 is 1.08 bits per heavy atom. The molecule has 0 spiro atoms. The Bertz CT molecular complexity index is 2110. The van der Waals surface area contributed by atoms with Crippen LogP contribution >= 0.6 is 11.6 Å². The van der Waals surface area contributed by atoms with Gasteiger partial charge in [-0.15, -0.1) is 0 Å². The third-order valence-corrected chi connectivity index (χ3v) is 10.2. The number of carbonyl (C=O) groups excluding carboxylic acids is 2. The van der Waals surface area contributed by atoms with Gasteiger partial charge in [0.25, 0.3) is 11.8 Å². The van der Waals surface area contributed by atoms with Gasteiger partial charge in [-0.2, -0.15) is 0 Å². The smallest absolute Gasteiger partial charge is 0.254 e. The van der Waals surface area contributed by atoms with Crippen molar-refractivity contribution >= 4 is 45.5 Å². The molecule has 4 aromatic heterocycles. The second-order valence-corrected chi connectivity index (χ2v) is 13.8. The highest BCUT2D eigenvalue weighted by Gasteiger charge is 2.32. The van der Waals surface area contributed by atoms with E-state index in [0.717, 1.165) is 54.4 Å². The van der Waals surface area contributed by atoms with Crippen molar-refractivity contribution in [2.75, 3.05) is 13.1 Å². The molecule has 2 fully saturated rings. The number of nitrogens with one attached hydrogen (secondary N) is 3. The van der Waals surface area contributed by atoms with Crippen LogP contribution in [0.3, 0.4) is 0 Å². The minimum atomic E-state index is -1.19. The number of piperidine rings is 1. The maximum atomic E-state index is 15.6. The highest BCUT2D eigenvalue weighted by molar-refractivity contribution is 6.29. The van der Waals surface area contributed by atoms with Crippen LogP contribution in [0.2, 0.25) is 5.15 Å². The van der Waals surface area contributed by atoms with Crippen molar-refractivity contribution in [3.63, 3.8) is 0 Å². The topological polar surface area (TPSA) is 119 Å². The molecule has 3 N–H and O–H groups in total. The molecular weight excluding hydrogens is 650 g/mol. The van der Waals surface area contributed by atoms with E-state index < -0.39 is 23.9 Å². The second kappa shape index (κ2) is 12.8. The molecule has 3 aliphatic rings. The molecular formula is C36H37ClF2N8O2. The molecule has 1 aliphatic carbocycles. The standard InChI is InChI=1S/C36H37ClF2N8O2/c1-19-27-9-6-20-13-31(46(33(20)43-27)12-4-2-3-5-21-17-41-32(37)15-23(21)35(48)42-19)34-44-28-14-24(26(39)16-30(28)47(34)22-7-8-22)36(49)45-29-18-40-11-10-25(29)38/h6,9,13-17,19,22,25,29,40H,2-5,7-8,10-12,18H2,1H3,(H,42,48)(H,45,49)/t19-,25+,29+/m1/s1. The van der Waals surface area contributed by atoms with Crippen LogP contribution in [0.25, 0.3) is 33.6 Å². The fraction of sp³-hybridized carbons (Fsp3) is 0.417. The van der Waals surface area contributed by atoms with Crippen LogP contribution in [-0.4, -0.2) is 61.2 Å². The molecule has 2 amide bonds. The SMILES string of the molecule is C[C@H]1NC(=O)c2cc(Cl)ncc2CCCCCn2c(-c3nc4cc(C(=O)N[C@H]5CNCC[C@@H]5F)c(F)cc4n3C3CC3)cc3ccc1nc32. The van der Waals surface area contributed by atoms with E-state index in [1.165, 1.54) is 12.1 Å². The molecule has 0 radical (unpaired) electrons. The van der Waals surface area contributed by atoms with Gasteiger partial charge in [0.05, 0.1) is 40.1 Å². The van der Waals surface area contributed by atoms with Crippen LogP contribution in [0, 0.1) is 5.82 Å². The average Bonchev–Trinajstić information content (AvgIpc) is 3.77. The zero-order valence-corrected chi connectivity index (χ0v) is 27.9. The molecule has 5 aromatic rings. The number of aromatic nitrogens is 5. The molecule has 1 saturated heterocycles. The molecule has 8 rings (SSSR count). The van der Waals surface area contributed by atoms with E-state index in [9.17, 15) is 14.0 Å². The summed E-state index contributed by atoms with van der Waals surface area (Å²) in [5.41, 5.74) is 4.70. The number of amides is 2. The van der Waals surface area contributed by atoms with Gasteiger partial charge >= 0.3 is 0 Å². The first-order valence-corrected chi connectivity index (χ1v) is 17.5. The Kier molecular flexibility index (Phi) is 8.31. The molecule has 2 aliphatic heterocycles. The summed E-state index contributed by atoms with van der Waals surface area (Å²) in [5.74, 6) is -0.852. The van der Waals surface area contributed by atoms with Gasteiger partial charge < -0.3 is 25.1 Å². The lowest BCUT2D eigenvalue weighted by Crippen LogP contribution is -2.52. The van der Waals surface area contributed by atoms with Crippen molar-refractivity contribution in [2.45, 2.75) is 82.7 Å². The number of halogens is 3. The lowest BCUT2D eigenvalue weighted by molar-refractivity contribution is 0.0887. The van der Waals surface area contributed by atoms with Gasteiger partial charge in [-0.25, -0.2) is 23.7 Å². The largest absolute Gasteiger partial charge is 0.345 e. The zero-order valence-electron chi connectivity index (χ0n) is 27.1. The number of hydrogen-bond acceptors (Lipinski definition) is 6. The normalized spacial score (nSPS) is 21.8. The molecule has 1 aromatic carbocycles. The molecule has 3 atom stereocenters. The first kappa shape index (κ1) is 31.8. The Balaban J connectivity index is 1.19. The number of pyridine rings is 2. The fourth-order valence-corrected chi connectivity index (χ4v) is 7.32. The maximum absolute atomic E-state index is 15.6. The lowest BCUT2D eigenvalue weighted by atomic mass is 10.0. The van der Waals surface area contributed by atoms with E-state index in [-0.39, 0.29) is 28.7 Å². The van der Waals surface area contributed by atoms with Crippen LogP contribution in [-0.2, 0) is 13.0 Å². The number of alkyl halides is 1.